The third-order valence-corrected chi connectivity index (χ3v) is 8.69. The van der Waals surface area contributed by atoms with E-state index < -0.39 is 22.0 Å². The summed E-state index contributed by atoms with van der Waals surface area (Å²) >= 11 is 0. The normalized spacial score (nSPS) is 26.1. The molecule has 13 nitrogen and oxygen atoms in total. The first-order chi connectivity index (χ1) is 16.8. The van der Waals surface area contributed by atoms with Crippen LogP contribution in [0.1, 0.15) is 56.9 Å². The highest BCUT2D eigenvalue weighted by atomic mass is 32.2. The Kier molecular flexibility index (Phi) is 5.36. The molecule has 2 aromatic heterocycles. The van der Waals surface area contributed by atoms with Gasteiger partial charge < -0.3 is 16.0 Å². The molecule has 2 aromatic rings. The SMILES string of the molecule is O=C1NC(=O)/C(=C/c2cnn3c(NC4CC4)nc(N[C@H]4CC[C@H](NS(=O)(=O)C5CC5)CC4)nc23)N1. The predicted octanol–water partition coefficient (Wildman–Crippen LogP) is 0.684. The average Bonchev–Trinajstić information content (AvgIpc) is 3.73. The minimum atomic E-state index is -3.19. The maximum Gasteiger partial charge on any atom is 0.326 e. The third kappa shape index (κ3) is 4.80. The van der Waals surface area contributed by atoms with Crippen LogP contribution in [0, 0.1) is 0 Å². The van der Waals surface area contributed by atoms with Gasteiger partial charge in [0, 0.05) is 23.7 Å². The van der Waals surface area contributed by atoms with Gasteiger partial charge in [-0.15, -0.1) is 0 Å². The number of aromatic nitrogens is 4. The molecular weight excluding hydrogens is 474 g/mol. The van der Waals surface area contributed by atoms with Crippen molar-refractivity contribution in [2.75, 3.05) is 10.6 Å². The maximum absolute atomic E-state index is 12.2. The minimum absolute atomic E-state index is 0.0324. The lowest BCUT2D eigenvalue weighted by atomic mass is 9.92. The zero-order valence-electron chi connectivity index (χ0n) is 19.0. The molecule has 1 aliphatic heterocycles. The highest BCUT2D eigenvalue weighted by molar-refractivity contribution is 7.90. The zero-order valence-corrected chi connectivity index (χ0v) is 19.8. The summed E-state index contributed by atoms with van der Waals surface area (Å²) in [7, 11) is -3.19. The zero-order chi connectivity index (χ0) is 24.2. The van der Waals surface area contributed by atoms with E-state index in [2.05, 4.69) is 41.1 Å². The van der Waals surface area contributed by atoms with Gasteiger partial charge in [0.05, 0.1) is 11.4 Å². The van der Waals surface area contributed by atoms with Gasteiger partial charge in [-0.3, -0.25) is 10.1 Å². The number of imide groups is 1. The largest absolute Gasteiger partial charge is 0.351 e. The lowest BCUT2D eigenvalue weighted by Gasteiger charge is -2.29. The number of fused-ring (bicyclic) bond motifs is 1. The first-order valence-electron chi connectivity index (χ1n) is 12.0. The first-order valence-corrected chi connectivity index (χ1v) is 13.5. The molecule has 0 bridgehead atoms. The number of anilines is 2. The summed E-state index contributed by atoms with van der Waals surface area (Å²) in [6, 6.07) is -0.157. The molecule has 1 saturated heterocycles. The van der Waals surface area contributed by atoms with E-state index >= 15 is 0 Å². The second-order valence-corrected chi connectivity index (χ2v) is 11.6. The van der Waals surface area contributed by atoms with E-state index in [1.165, 1.54) is 6.08 Å². The van der Waals surface area contributed by atoms with Crippen LogP contribution in [0.5, 0.6) is 0 Å². The van der Waals surface area contributed by atoms with Gasteiger partial charge in [-0.25, -0.2) is 17.9 Å². The summed E-state index contributed by atoms with van der Waals surface area (Å²) in [5.74, 6) is 0.477. The van der Waals surface area contributed by atoms with Gasteiger partial charge in [0.15, 0.2) is 5.65 Å². The van der Waals surface area contributed by atoms with E-state index in [1.807, 2.05) is 0 Å². The van der Waals surface area contributed by atoms with E-state index in [0.717, 1.165) is 51.4 Å². The molecule has 3 aliphatic carbocycles. The van der Waals surface area contributed by atoms with Gasteiger partial charge in [-0.1, -0.05) is 0 Å². The van der Waals surface area contributed by atoms with Crippen LogP contribution in [0.25, 0.3) is 11.7 Å². The number of hydrogen-bond acceptors (Lipinski definition) is 9. The summed E-state index contributed by atoms with van der Waals surface area (Å²) in [5, 5.41) is 15.6. The van der Waals surface area contributed by atoms with Crippen LogP contribution >= 0.6 is 0 Å². The molecule has 3 saturated carbocycles. The highest BCUT2D eigenvalue weighted by Crippen LogP contribution is 2.30. The number of rotatable bonds is 8. The van der Waals surface area contributed by atoms with Crippen LogP contribution in [-0.2, 0) is 14.8 Å². The molecule has 3 amide bonds. The summed E-state index contributed by atoms with van der Waals surface area (Å²) in [6.45, 7) is 0. The molecule has 14 heteroatoms. The second-order valence-electron chi connectivity index (χ2n) is 9.65. The topological polar surface area (TPSA) is 172 Å². The van der Waals surface area contributed by atoms with Crippen LogP contribution in [0.3, 0.4) is 0 Å². The maximum atomic E-state index is 12.2. The number of nitrogens with zero attached hydrogens (tertiary/aromatic N) is 4. The number of urea groups is 1. The van der Waals surface area contributed by atoms with Crippen LogP contribution in [0.4, 0.5) is 16.7 Å². The van der Waals surface area contributed by atoms with Crippen molar-refractivity contribution in [1.29, 1.82) is 0 Å². The Morgan fingerprint density at radius 1 is 0.914 bits per heavy atom. The first kappa shape index (κ1) is 22.2. The molecule has 0 spiro atoms. The van der Waals surface area contributed by atoms with E-state index in [4.69, 9.17) is 0 Å². The molecule has 4 aliphatic rings. The number of carbonyl (C=O) groups excluding carboxylic acids is 2. The van der Waals surface area contributed by atoms with Crippen LogP contribution in [0.15, 0.2) is 11.9 Å². The molecule has 0 atom stereocenters. The molecule has 0 radical (unpaired) electrons. The summed E-state index contributed by atoms with van der Waals surface area (Å²) in [4.78, 5) is 32.7. The van der Waals surface area contributed by atoms with Crippen molar-refractivity contribution in [3.63, 3.8) is 0 Å². The fraction of sp³-hybridized carbons (Fsp3) is 0.571. The van der Waals surface area contributed by atoms with Crippen molar-refractivity contribution in [3.8, 4) is 0 Å². The molecule has 5 N–H and O–H groups in total. The van der Waals surface area contributed by atoms with Crippen molar-refractivity contribution >= 4 is 45.6 Å². The number of hydrogen-bond donors (Lipinski definition) is 5. The Hall–Kier alpha value is -3.26. The standard InChI is InChI=1S/C21H27N9O4S/c31-18-16(25-21(32)27-18)9-11-10-22-30-17(11)26-19(28-20(30)24-13-1-2-13)23-12-3-5-14(6-4-12)29-35(33,34)15-7-8-15/h9-10,12-15,29H,1-8H2,(H2,23,24,26,28)(H2,25,27,31,32)/b16-9-/t12-,14-. The van der Waals surface area contributed by atoms with Crippen LogP contribution in [0.2, 0.25) is 0 Å². The van der Waals surface area contributed by atoms with Crippen molar-refractivity contribution in [3.05, 3.63) is 17.5 Å². The van der Waals surface area contributed by atoms with Crippen molar-refractivity contribution in [2.24, 2.45) is 0 Å². The number of amides is 3. The van der Waals surface area contributed by atoms with Gasteiger partial charge in [-0.05, 0) is 57.4 Å². The van der Waals surface area contributed by atoms with Crippen molar-refractivity contribution in [2.45, 2.75) is 74.7 Å². The van der Waals surface area contributed by atoms with Gasteiger partial charge in [0.2, 0.25) is 21.9 Å². The quantitative estimate of drug-likeness (QED) is 0.258. The fourth-order valence-electron chi connectivity index (χ4n) is 4.45. The van der Waals surface area contributed by atoms with Crippen LogP contribution < -0.4 is 26.0 Å². The lowest BCUT2D eigenvalue weighted by molar-refractivity contribution is -0.115. The summed E-state index contributed by atoms with van der Waals surface area (Å²) in [6.07, 6.45) is 9.82. The van der Waals surface area contributed by atoms with E-state index in [-0.39, 0.29) is 23.0 Å². The number of nitrogens with one attached hydrogen (secondary N) is 5. The molecule has 35 heavy (non-hydrogen) atoms. The number of carbonyl (C=O) groups is 2. The Morgan fingerprint density at radius 3 is 2.26 bits per heavy atom. The molecule has 6 rings (SSSR count). The summed E-state index contributed by atoms with van der Waals surface area (Å²) in [5.41, 5.74) is 1.19. The highest BCUT2D eigenvalue weighted by Gasteiger charge is 2.37. The van der Waals surface area contributed by atoms with E-state index in [0.29, 0.717) is 29.1 Å². The Bertz CT molecular complexity index is 1320. The van der Waals surface area contributed by atoms with Gasteiger partial charge in [-0.2, -0.15) is 19.6 Å². The average molecular weight is 502 g/mol. The molecule has 4 fully saturated rings. The van der Waals surface area contributed by atoms with Gasteiger partial charge in [0.1, 0.15) is 5.70 Å². The second kappa shape index (κ2) is 8.45. The van der Waals surface area contributed by atoms with Gasteiger partial charge in [0.25, 0.3) is 5.91 Å². The molecule has 0 unspecified atom stereocenters. The van der Waals surface area contributed by atoms with Gasteiger partial charge >= 0.3 is 6.03 Å². The smallest absolute Gasteiger partial charge is 0.326 e. The van der Waals surface area contributed by atoms with Crippen molar-refractivity contribution in [1.82, 2.24) is 34.9 Å². The Morgan fingerprint density at radius 2 is 1.60 bits per heavy atom. The fourth-order valence-corrected chi connectivity index (χ4v) is 6.10. The van der Waals surface area contributed by atoms with Crippen LogP contribution in [-0.4, -0.2) is 63.3 Å². The summed E-state index contributed by atoms with van der Waals surface area (Å²) < 4.78 is 28.9. The number of sulfonamides is 1. The molecule has 186 valence electrons. The molecule has 0 aromatic carbocycles. The minimum Gasteiger partial charge on any atom is -0.351 e. The third-order valence-electron chi connectivity index (χ3n) is 6.68. The predicted molar refractivity (Wildman–Crippen MR) is 127 cm³/mol. The monoisotopic (exact) mass is 501 g/mol. The Balaban J connectivity index is 1.20. The van der Waals surface area contributed by atoms with Crippen molar-refractivity contribution < 1.29 is 18.0 Å². The Labute approximate surface area is 201 Å². The molecule has 3 heterocycles. The van der Waals surface area contributed by atoms with E-state index in [1.54, 1.807) is 10.7 Å². The molecular formula is C21H27N9O4S. The lowest BCUT2D eigenvalue weighted by Crippen LogP contribution is -2.41. The van der Waals surface area contributed by atoms with E-state index in [9.17, 15) is 18.0 Å².